The van der Waals surface area contributed by atoms with Gasteiger partial charge in [-0.15, -0.1) is 0 Å². The van der Waals surface area contributed by atoms with Crippen molar-refractivity contribution in [3.8, 4) is 0 Å². The first-order chi connectivity index (χ1) is 7.24. The van der Waals surface area contributed by atoms with Crippen molar-refractivity contribution < 1.29 is 0 Å². The summed E-state index contributed by atoms with van der Waals surface area (Å²) in [5.41, 5.74) is 8.75. The second-order valence-corrected chi connectivity index (χ2v) is 4.97. The predicted molar refractivity (Wildman–Crippen MR) is 64.8 cm³/mol. The molecule has 0 atom stereocenters. The topological polar surface area (TPSA) is 26.0 Å². The van der Waals surface area contributed by atoms with Gasteiger partial charge in [-0.3, -0.25) is 0 Å². The molecule has 0 amide bonds. The highest BCUT2D eigenvalue weighted by Gasteiger charge is 2.18. The highest BCUT2D eigenvalue weighted by Crippen LogP contribution is 2.26. The van der Waals surface area contributed by atoms with E-state index in [-0.39, 0.29) is 0 Å². The Morgan fingerprint density at radius 3 is 2.27 bits per heavy atom. The molecule has 82 valence electrons. The molecule has 2 rings (SSSR count). The maximum Gasteiger partial charge on any atom is 0.00390 e. The molecule has 1 fully saturated rings. The highest BCUT2D eigenvalue weighted by molar-refractivity contribution is 5.21. The molecule has 0 heterocycles. The van der Waals surface area contributed by atoms with Crippen molar-refractivity contribution in [2.24, 2.45) is 11.7 Å². The minimum atomic E-state index is 0.472. The zero-order valence-corrected chi connectivity index (χ0v) is 9.58. The van der Waals surface area contributed by atoms with Crippen LogP contribution in [0, 0.1) is 12.8 Å². The third-order valence-corrected chi connectivity index (χ3v) is 3.54. The smallest absolute Gasteiger partial charge is 0.00390 e. The Morgan fingerprint density at radius 1 is 1.07 bits per heavy atom. The Balaban J connectivity index is 1.89. The molecular weight excluding hydrogens is 182 g/mol. The van der Waals surface area contributed by atoms with Crippen LogP contribution in [0.3, 0.4) is 0 Å². The molecule has 1 saturated carbocycles. The van der Waals surface area contributed by atoms with E-state index < -0.39 is 0 Å². The molecule has 0 aromatic heterocycles. The van der Waals surface area contributed by atoms with Crippen LogP contribution in [-0.2, 0) is 6.42 Å². The van der Waals surface area contributed by atoms with Gasteiger partial charge in [0.2, 0.25) is 0 Å². The van der Waals surface area contributed by atoms with E-state index in [0.29, 0.717) is 6.04 Å². The molecule has 0 radical (unpaired) electrons. The van der Waals surface area contributed by atoms with Crippen LogP contribution in [0.2, 0.25) is 0 Å². The van der Waals surface area contributed by atoms with Crippen molar-refractivity contribution >= 4 is 0 Å². The normalized spacial score (nSPS) is 26.5. The van der Waals surface area contributed by atoms with Gasteiger partial charge in [-0.2, -0.15) is 0 Å². The van der Waals surface area contributed by atoms with Crippen LogP contribution in [0.1, 0.15) is 36.8 Å². The van der Waals surface area contributed by atoms with Gasteiger partial charge >= 0.3 is 0 Å². The van der Waals surface area contributed by atoms with Crippen LogP contribution in [0.5, 0.6) is 0 Å². The summed E-state index contributed by atoms with van der Waals surface area (Å²) in [5, 5.41) is 0. The van der Waals surface area contributed by atoms with E-state index in [4.69, 9.17) is 5.73 Å². The summed E-state index contributed by atoms with van der Waals surface area (Å²) >= 11 is 0. The highest BCUT2D eigenvalue weighted by atomic mass is 14.6. The Bertz CT molecular complexity index is 294. The number of benzene rings is 1. The standard InChI is InChI=1S/C14H21N/c1-11-2-4-12(5-3-11)10-13-6-8-14(15)9-7-13/h2-5,13-14H,6-10,15H2,1H3. The first-order valence-corrected chi connectivity index (χ1v) is 6.05. The van der Waals surface area contributed by atoms with Crippen molar-refractivity contribution in [3.63, 3.8) is 0 Å². The van der Waals surface area contributed by atoms with Gasteiger partial charge in [0.1, 0.15) is 0 Å². The molecule has 1 nitrogen and oxygen atoms in total. The van der Waals surface area contributed by atoms with E-state index in [1.54, 1.807) is 0 Å². The van der Waals surface area contributed by atoms with E-state index in [9.17, 15) is 0 Å². The Hall–Kier alpha value is -0.820. The van der Waals surface area contributed by atoms with Gasteiger partial charge in [0.05, 0.1) is 0 Å². The fourth-order valence-electron chi connectivity index (χ4n) is 2.45. The van der Waals surface area contributed by atoms with Gasteiger partial charge in [-0.25, -0.2) is 0 Å². The molecule has 0 saturated heterocycles. The molecule has 0 aliphatic heterocycles. The molecule has 1 aromatic carbocycles. The summed E-state index contributed by atoms with van der Waals surface area (Å²) in [4.78, 5) is 0. The SMILES string of the molecule is Cc1ccc(CC2CCC(N)CC2)cc1. The van der Waals surface area contributed by atoms with E-state index >= 15 is 0 Å². The Morgan fingerprint density at radius 2 is 1.67 bits per heavy atom. The van der Waals surface area contributed by atoms with Crippen LogP contribution in [0.25, 0.3) is 0 Å². The van der Waals surface area contributed by atoms with Crippen LogP contribution in [0.4, 0.5) is 0 Å². The van der Waals surface area contributed by atoms with Gasteiger partial charge in [0.25, 0.3) is 0 Å². The number of hydrogen-bond donors (Lipinski definition) is 1. The second-order valence-electron chi connectivity index (χ2n) is 4.97. The zero-order chi connectivity index (χ0) is 10.7. The second kappa shape index (κ2) is 4.80. The summed E-state index contributed by atoms with van der Waals surface area (Å²) in [5.74, 6) is 0.868. The first kappa shape index (κ1) is 10.7. The van der Waals surface area contributed by atoms with Crippen LogP contribution in [-0.4, -0.2) is 6.04 Å². The van der Waals surface area contributed by atoms with E-state index in [0.717, 1.165) is 5.92 Å². The molecule has 1 aliphatic carbocycles. The lowest BCUT2D eigenvalue weighted by molar-refractivity contribution is 0.325. The average molecular weight is 203 g/mol. The quantitative estimate of drug-likeness (QED) is 0.785. The summed E-state index contributed by atoms with van der Waals surface area (Å²) in [6.45, 7) is 2.14. The molecular formula is C14H21N. The summed E-state index contributed by atoms with van der Waals surface area (Å²) in [6.07, 6.45) is 6.31. The minimum absolute atomic E-state index is 0.472. The molecule has 2 N–H and O–H groups in total. The minimum Gasteiger partial charge on any atom is -0.328 e. The largest absolute Gasteiger partial charge is 0.328 e. The summed E-state index contributed by atoms with van der Waals surface area (Å²) in [6, 6.07) is 9.43. The Kier molecular flexibility index (Phi) is 3.42. The molecule has 1 aliphatic rings. The van der Waals surface area contributed by atoms with E-state index in [2.05, 4.69) is 31.2 Å². The third-order valence-electron chi connectivity index (χ3n) is 3.54. The fraction of sp³-hybridized carbons (Fsp3) is 0.571. The van der Waals surface area contributed by atoms with Gasteiger partial charge in [-0.05, 0) is 50.5 Å². The van der Waals surface area contributed by atoms with Gasteiger partial charge in [0.15, 0.2) is 0 Å². The van der Waals surface area contributed by atoms with Crippen LogP contribution in [0.15, 0.2) is 24.3 Å². The lowest BCUT2D eigenvalue weighted by Gasteiger charge is -2.26. The maximum absolute atomic E-state index is 5.91. The van der Waals surface area contributed by atoms with Gasteiger partial charge in [-0.1, -0.05) is 29.8 Å². The third kappa shape index (κ3) is 3.07. The summed E-state index contributed by atoms with van der Waals surface area (Å²) in [7, 11) is 0. The van der Waals surface area contributed by atoms with Gasteiger partial charge < -0.3 is 5.73 Å². The van der Waals surface area contributed by atoms with Crippen molar-refractivity contribution in [2.45, 2.75) is 45.1 Å². The zero-order valence-electron chi connectivity index (χ0n) is 9.58. The number of rotatable bonds is 2. The van der Waals surface area contributed by atoms with Crippen molar-refractivity contribution in [3.05, 3.63) is 35.4 Å². The Labute approximate surface area is 92.7 Å². The number of hydrogen-bond acceptors (Lipinski definition) is 1. The van der Waals surface area contributed by atoms with Gasteiger partial charge in [0, 0.05) is 6.04 Å². The number of aryl methyl sites for hydroxylation is 1. The van der Waals surface area contributed by atoms with Crippen LogP contribution >= 0.6 is 0 Å². The predicted octanol–water partition coefficient (Wildman–Crippen LogP) is 3.06. The summed E-state index contributed by atoms with van der Waals surface area (Å²) < 4.78 is 0. The van der Waals surface area contributed by atoms with Crippen molar-refractivity contribution in [2.75, 3.05) is 0 Å². The monoisotopic (exact) mass is 203 g/mol. The number of nitrogens with two attached hydrogens (primary N) is 1. The molecule has 0 bridgehead atoms. The van der Waals surface area contributed by atoms with Crippen molar-refractivity contribution in [1.29, 1.82) is 0 Å². The average Bonchev–Trinajstić information content (AvgIpc) is 2.25. The lowest BCUT2D eigenvalue weighted by atomic mass is 9.83. The molecule has 1 aromatic rings. The maximum atomic E-state index is 5.91. The molecule has 15 heavy (non-hydrogen) atoms. The van der Waals surface area contributed by atoms with Crippen LogP contribution < -0.4 is 5.73 Å². The lowest BCUT2D eigenvalue weighted by Crippen LogP contribution is -2.27. The molecule has 0 spiro atoms. The molecule has 0 unspecified atom stereocenters. The van der Waals surface area contributed by atoms with E-state index in [1.165, 1.54) is 43.2 Å². The first-order valence-electron chi connectivity index (χ1n) is 6.05. The van der Waals surface area contributed by atoms with E-state index in [1.807, 2.05) is 0 Å². The molecule has 1 heteroatoms. The van der Waals surface area contributed by atoms with Crippen molar-refractivity contribution in [1.82, 2.24) is 0 Å². The fourth-order valence-corrected chi connectivity index (χ4v) is 2.45.